The largest absolute Gasteiger partial charge is 0.291 e. The highest BCUT2D eigenvalue weighted by Gasteiger charge is 2.10. The molecule has 0 aliphatic carbocycles. The fourth-order valence-electron chi connectivity index (χ4n) is 2.91. The molecular formula is C21H19N3O3. The van der Waals surface area contributed by atoms with Crippen molar-refractivity contribution in [1.29, 1.82) is 0 Å². The van der Waals surface area contributed by atoms with Crippen molar-refractivity contribution in [3.63, 3.8) is 0 Å². The second kappa shape index (κ2) is 8.82. The van der Waals surface area contributed by atoms with Crippen molar-refractivity contribution in [3.05, 3.63) is 111 Å². The molecule has 136 valence electrons. The van der Waals surface area contributed by atoms with Crippen LogP contribution in [0.2, 0.25) is 0 Å². The Morgan fingerprint density at radius 1 is 0.741 bits per heavy atom. The highest BCUT2D eigenvalue weighted by atomic mass is 16.6. The zero-order chi connectivity index (χ0) is 19.1. The Morgan fingerprint density at radius 3 is 1.70 bits per heavy atom. The SMILES string of the molecule is O=Nc1ccc(CN(Cc2ccccc2)Cc2ccc([N+](=O)[O-])cc2)cc1. The van der Waals surface area contributed by atoms with Crippen molar-refractivity contribution in [2.75, 3.05) is 0 Å². The maximum Gasteiger partial charge on any atom is 0.269 e. The zero-order valence-corrected chi connectivity index (χ0v) is 14.7. The zero-order valence-electron chi connectivity index (χ0n) is 14.7. The lowest BCUT2D eigenvalue weighted by Gasteiger charge is -2.23. The van der Waals surface area contributed by atoms with E-state index in [-0.39, 0.29) is 5.69 Å². The maximum atomic E-state index is 10.8. The summed E-state index contributed by atoms with van der Waals surface area (Å²) >= 11 is 0. The van der Waals surface area contributed by atoms with E-state index in [1.807, 2.05) is 30.3 Å². The number of nitrogens with zero attached hydrogens (tertiary/aromatic N) is 3. The van der Waals surface area contributed by atoms with Crippen LogP contribution in [0.15, 0.2) is 84.0 Å². The lowest BCUT2D eigenvalue weighted by atomic mass is 10.1. The van der Waals surface area contributed by atoms with E-state index >= 15 is 0 Å². The van der Waals surface area contributed by atoms with Crippen molar-refractivity contribution >= 4 is 11.4 Å². The van der Waals surface area contributed by atoms with Crippen LogP contribution in [-0.2, 0) is 19.6 Å². The lowest BCUT2D eigenvalue weighted by Crippen LogP contribution is -2.22. The summed E-state index contributed by atoms with van der Waals surface area (Å²) in [6, 6.07) is 24.0. The van der Waals surface area contributed by atoms with E-state index in [2.05, 4.69) is 22.2 Å². The number of hydrogen-bond donors (Lipinski definition) is 0. The van der Waals surface area contributed by atoms with Gasteiger partial charge in [0.25, 0.3) is 5.69 Å². The molecule has 3 aromatic rings. The summed E-state index contributed by atoms with van der Waals surface area (Å²) in [5.41, 5.74) is 3.75. The van der Waals surface area contributed by atoms with Crippen LogP contribution >= 0.6 is 0 Å². The van der Waals surface area contributed by atoms with E-state index in [0.717, 1.165) is 17.7 Å². The number of non-ortho nitro benzene ring substituents is 1. The molecule has 0 amide bonds. The molecule has 0 atom stereocenters. The van der Waals surface area contributed by atoms with Crippen LogP contribution in [0.1, 0.15) is 16.7 Å². The quantitative estimate of drug-likeness (QED) is 0.314. The van der Waals surface area contributed by atoms with Gasteiger partial charge in [-0.15, -0.1) is 4.91 Å². The van der Waals surface area contributed by atoms with Gasteiger partial charge >= 0.3 is 0 Å². The minimum atomic E-state index is -0.395. The van der Waals surface area contributed by atoms with Gasteiger partial charge in [-0.05, 0) is 34.0 Å². The van der Waals surface area contributed by atoms with Crippen molar-refractivity contribution in [2.45, 2.75) is 19.6 Å². The van der Waals surface area contributed by atoms with Gasteiger partial charge in [-0.3, -0.25) is 15.0 Å². The fourth-order valence-corrected chi connectivity index (χ4v) is 2.91. The second-order valence-corrected chi connectivity index (χ2v) is 6.31. The number of nitro benzene ring substituents is 1. The lowest BCUT2D eigenvalue weighted by molar-refractivity contribution is -0.384. The average Bonchev–Trinajstić information content (AvgIpc) is 2.70. The first-order chi connectivity index (χ1) is 13.1. The molecule has 3 aromatic carbocycles. The first-order valence-corrected chi connectivity index (χ1v) is 8.56. The molecule has 0 aliphatic heterocycles. The Kier molecular flexibility index (Phi) is 6.02. The summed E-state index contributed by atoms with van der Waals surface area (Å²) in [5.74, 6) is 0. The molecule has 0 fully saturated rings. The standard InChI is InChI=1S/C21H19N3O3/c25-22-20-10-6-18(7-11-20)15-23(14-17-4-2-1-3-5-17)16-19-8-12-21(13-9-19)24(26)27/h1-13H,14-16H2. The highest BCUT2D eigenvalue weighted by Crippen LogP contribution is 2.19. The van der Waals surface area contributed by atoms with Crippen LogP contribution in [0.4, 0.5) is 11.4 Å². The summed E-state index contributed by atoms with van der Waals surface area (Å²) in [7, 11) is 0. The van der Waals surface area contributed by atoms with E-state index < -0.39 is 4.92 Å². The van der Waals surface area contributed by atoms with Crippen molar-refractivity contribution in [1.82, 2.24) is 4.90 Å². The van der Waals surface area contributed by atoms with Gasteiger partial charge in [0.05, 0.1) is 4.92 Å². The van der Waals surface area contributed by atoms with Gasteiger partial charge in [0, 0.05) is 31.8 Å². The normalized spacial score (nSPS) is 10.7. The van der Waals surface area contributed by atoms with Gasteiger partial charge in [0.15, 0.2) is 0 Å². The van der Waals surface area contributed by atoms with Gasteiger partial charge < -0.3 is 0 Å². The number of nitroso groups, excluding NO2 is 1. The predicted molar refractivity (Wildman–Crippen MR) is 104 cm³/mol. The average molecular weight is 361 g/mol. The topological polar surface area (TPSA) is 75.8 Å². The molecule has 0 radical (unpaired) electrons. The minimum absolute atomic E-state index is 0.0883. The van der Waals surface area contributed by atoms with Crippen LogP contribution in [0.25, 0.3) is 0 Å². The van der Waals surface area contributed by atoms with Gasteiger partial charge in [0.1, 0.15) is 5.69 Å². The summed E-state index contributed by atoms with van der Waals surface area (Å²) in [6.07, 6.45) is 0. The molecule has 0 saturated heterocycles. The van der Waals surface area contributed by atoms with Crippen LogP contribution in [0.5, 0.6) is 0 Å². The molecule has 0 aromatic heterocycles. The summed E-state index contributed by atoms with van der Waals surface area (Å²) in [4.78, 5) is 23.3. The third-order valence-electron chi connectivity index (χ3n) is 4.25. The highest BCUT2D eigenvalue weighted by molar-refractivity contribution is 5.38. The molecule has 0 saturated carbocycles. The summed E-state index contributed by atoms with van der Waals surface area (Å²) in [5, 5.41) is 13.8. The second-order valence-electron chi connectivity index (χ2n) is 6.31. The number of rotatable bonds is 8. The van der Waals surface area contributed by atoms with Crippen LogP contribution in [0, 0.1) is 15.0 Å². The third kappa shape index (κ3) is 5.29. The Labute approximate surface area is 157 Å². The molecule has 0 unspecified atom stereocenters. The molecule has 0 bridgehead atoms. The molecule has 0 N–H and O–H groups in total. The fraction of sp³-hybridized carbons (Fsp3) is 0.143. The smallest absolute Gasteiger partial charge is 0.269 e. The van der Waals surface area contributed by atoms with E-state index in [1.165, 1.54) is 17.7 Å². The molecule has 6 heteroatoms. The first-order valence-electron chi connectivity index (χ1n) is 8.56. The molecule has 0 aliphatic rings. The first kappa shape index (κ1) is 18.4. The Hall–Kier alpha value is -3.38. The molecule has 0 spiro atoms. The number of nitro groups is 1. The van der Waals surface area contributed by atoms with Crippen molar-refractivity contribution in [3.8, 4) is 0 Å². The van der Waals surface area contributed by atoms with Crippen molar-refractivity contribution in [2.24, 2.45) is 5.18 Å². The number of hydrogen-bond acceptors (Lipinski definition) is 5. The molecule has 27 heavy (non-hydrogen) atoms. The molecule has 0 heterocycles. The molecule has 3 rings (SSSR count). The van der Waals surface area contributed by atoms with Gasteiger partial charge in [-0.2, -0.15) is 0 Å². The predicted octanol–water partition coefficient (Wildman–Crippen LogP) is 5.20. The minimum Gasteiger partial charge on any atom is -0.291 e. The van der Waals surface area contributed by atoms with Crippen LogP contribution in [-0.4, -0.2) is 9.82 Å². The summed E-state index contributed by atoms with van der Waals surface area (Å²) < 4.78 is 0. The van der Waals surface area contributed by atoms with Gasteiger partial charge in [0.2, 0.25) is 0 Å². The van der Waals surface area contributed by atoms with Crippen LogP contribution in [0.3, 0.4) is 0 Å². The molecule has 6 nitrogen and oxygen atoms in total. The Bertz CT molecular complexity index is 894. The maximum absolute atomic E-state index is 10.8. The van der Waals surface area contributed by atoms with Crippen molar-refractivity contribution < 1.29 is 4.92 Å². The van der Waals surface area contributed by atoms with Crippen LogP contribution < -0.4 is 0 Å². The molecular weight excluding hydrogens is 342 g/mol. The third-order valence-corrected chi connectivity index (χ3v) is 4.25. The Morgan fingerprint density at radius 2 is 1.22 bits per heavy atom. The van der Waals surface area contributed by atoms with Gasteiger partial charge in [-0.1, -0.05) is 54.6 Å². The van der Waals surface area contributed by atoms with E-state index in [9.17, 15) is 15.0 Å². The summed E-state index contributed by atoms with van der Waals surface area (Å²) in [6.45, 7) is 2.08. The van der Waals surface area contributed by atoms with E-state index in [1.54, 1.807) is 24.3 Å². The Balaban J connectivity index is 1.77. The van der Waals surface area contributed by atoms with E-state index in [0.29, 0.717) is 18.8 Å². The van der Waals surface area contributed by atoms with E-state index in [4.69, 9.17) is 0 Å². The van der Waals surface area contributed by atoms with Gasteiger partial charge in [-0.25, -0.2) is 0 Å². The monoisotopic (exact) mass is 361 g/mol. The number of benzene rings is 3.